The number of carbonyl (C=O) groups excluding carboxylic acids is 2. The molecule has 0 spiro atoms. The summed E-state index contributed by atoms with van der Waals surface area (Å²) in [4.78, 5) is 32.7. The van der Waals surface area contributed by atoms with Gasteiger partial charge >= 0.3 is 5.97 Å². The van der Waals surface area contributed by atoms with Crippen molar-refractivity contribution in [3.63, 3.8) is 0 Å². The van der Waals surface area contributed by atoms with Crippen LogP contribution in [0.4, 0.5) is 5.69 Å². The zero-order valence-electron chi connectivity index (χ0n) is 20.1. The summed E-state index contributed by atoms with van der Waals surface area (Å²) in [6, 6.07) is 13.6. The van der Waals surface area contributed by atoms with Gasteiger partial charge in [0.15, 0.2) is 5.17 Å². The zero-order chi connectivity index (χ0) is 24.4. The van der Waals surface area contributed by atoms with Crippen molar-refractivity contribution in [1.82, 2.24) is 4.90 Å². The Morgan fingerprint density at radius 1 is 1.12 bits per heavy atom. The maximum Gasteiger partial charge on any atom is 0.338 e. The number of nitrogens with one attached hydrogen (secondary N) is 1. The summed E-state index contributed by atoms with van der Waals surface area (Å²) >= 11 is 1.48. The molecular formula is C27H29N3O3S. The number of thioether (sulfide) groups is 1. The molecular weight excluding hydrogens is 446 g/mol. The lowest BCUT2D eigenvalue weighted by molar-refractivity contribution is -0.136. The molecule has 0 saturated carbocycles. The normalized spacial score (nSPS) is 17.2. The first-order chi connectivity index (χ1) is 16.3. The van der Waals surface area contributed by atoms with Crippen molar-refractivity contribution in [2.45, 2.75) is 46.6 Å². The van der Waals surface area contributed by atoms with Gasteiger partial charge in [0.2, 0.25) is 5.91 Å². The number of esters is 1. The maximum atomic E-state index is 13.0. The van der Waals surface area contributed by atoms with Gasteiger partial charge in [0.05, 0.1) is 30.8 Å². The number of fused-ring (bicyclic) bond motifs is 1. The number of amides is 1. The van der Waals surface area contributed by atoms with E-state index in [4.69, 9.17) is 9.73 Å². The highest BCUT2D eigenvalue weighted by molar-refractivity contribution is 8.16. The van der Waals surface area contributed by atoms with E-state index in [0.717, 1.165) is 33.2 Å². The molecule has 1 amide bonds. The first-order valence-electron chi connectivity index (χ1n) is 11.3. The van der Waals surface area contributed by atoms with Crippen LogP contribution in [0.25, 0.3) is 0 Å². The molecule has 0 saturated heterocycles. The Bertz CT molecular complexity index is 1250. The van der Waals surface area contributed by atoms with E-state index >= 15 is 0 Å². The average molecular weight is 476 g/mol. The highest BCUT2D eigenvalue weighted by Gasteiger charge is 2.41. The van der Waals surface area contributed by atoms with E-state index in [2.05, 4.69) is 11.4 Å². The van der Waals surface area contributed by atoms with E-state index in [1.807, 2.05) is 74.4 Å². The van der Waals surface area contributed by atoms with Crippen LogP contribution in [0.1, 0.15) is 48.1 Å². The van der Waals surface area contributed by atoms with Crippen LogP contribution in [-0.4, -0.2) is 29.1 Å². The molecule has 6 nitrogen and oxygen atoms in total. The SMILES string of the molecule is CCC1=C(C(=O)OC)[C@@H](c2cccc(C)c2)N2C(CC(=O)Nc3ccc(C)c(C)c3)=CSC2=N1. The molecule has 1 atom stereocenters. The van der Waals surface area contributed by atoms with Gasteiger partial charge in [-0.2, -0.15) is 0 Å². The van der Waals surface area contributed by atoms with E-state index in [1.165, 1.54) is 24.4 Å². The Hall–Kier alpha value is -3.32. The van der Waals surface area contributed by atoms with Gasteiger partial charge in [-0.25, -0.2) is 9.79 Å². The Morgan fingerprint density at radius 3 is 2.59 bits per heavy atom. The van der Waals surface area contributed by atoms with Crippen molar-refractivity contribution < 1.29 is 14.3 Å². The number of benzene rings is 2. The van der Waals surface area contributed by atoms with Crippen molar-refractivity contribution in [2.24, 2.45) is 4.99 Å². The molecule has 34 heavy (non-hydrogen) atoms. The third-order valence-corrected chi connectivity index (χ3v) is 7.01. The summed E-state index contributed by atoms with van der Waals surface area (Å²) in [6.45, 7) is 8.07. The molecule has 1 N–H and O–H groups in total. The van der Waals surface area contributed by atoms with Crippen LogP contribution in [0.15, 0.2) is 69.8 Å². The van der Waals surface area contributed by atoms with Crippen molar-refractivity contribution in [2.75, 3.05) is 12.4 Å². The lowest BCUT2D eigenvalue weighted by atomic mass is 9.92. The zero-order valence-corrected chi connectivity index (χ0v) is 21.0. The number of allylic oxidation sites excluding steroid dienone is 1. The molecule has 0 aromatic heterocycles. The fourth-order valence-electron chi connectivity index (χ4n) is 4.26. The van der Waals surface area contributed by atoms with E-state index in [1.54, 1.807) is 0 Å². The summed E-state index contributed by atoms with van der Waals surface area (Å²) in [7, 11) is 1.39. The summed E-state index contributed by atoms with van der Waals surface area (Å²) in [5.41, 5.74) is 7.15. The summed E-state index contributed by atoms with van der Waals surface area (Å²) < 4.78 is 5.17. The molecule has 0 unspecified atom stereocenters. The van der Waals surface area contributed by atoms with Crippen LogP contribution < -0.4 is 5.32 Å². The number of amidine groups is 1. The monoisotopic (exact) mass is 475 g/mol. The third kappa shape index (κ3) is 4.66. The minimum atomic E-state index is -0.412. The summed E-state index contributed by atoms with van der Waals surface area (Å²) in [6.07, 6.45) is 0.768. The number of hydrogen-bond acceptors (Lipinski definition) is 6. The van der Waals surface area contributed by atoms with E-state index in [-0.39, 0.29) is 12.3 Å². The molecule has 2 heterocycles. The average Bonchev–Trinajstić information content (AvgIpc) is 3.21. The van der Waals surface area contributed by atoms with E-state index in [0.29, 0.717) is 17.7 Å². The summed E-state index contributed by atoms with van der Waals surface area (Å²) in [5, 5.41) is 5.72. The highest BCUT2D eigenvalue weighted by Crippen LogP contribution is 2.45. The van der Waals surface area contributed by atoms with Gasteiger partial charge < -0.3 is 15.0 Å². The van der Waals surface area contributed by atoms with Crippen LogP contribution in [0.3, 0.4) is 0 Å². The highest BCUT2D eigenvalue weighted by atomic mass is 32.2. The molecule has 0 radical (unpaired) electrons. The minimum absolute atomic E-state index is 0.121. The fourth-order valence-corrected chi connectivity index (χ4v) is 5.19. The number of ether oxygens (including phenoxy) is 1. The Balaban J connectivity index is 1.68. The molecule has 2 aliphatic rings. The van der Waals surface area contributed by atoms with Crippen LogP contribution in [-0.2, 0) is 14.3 Å². The van der Waals surface area contributed by atoms with Crippen molar-refractivity contribution in [3.8, 4) is 0 Å². The van der Waals surface area contributed by atoms with E-state index in [9.17, 15) is 9.59 Å². The predicted molar refractivity (Wildman–Crippen MR) is 137 cm³/mol. The smallest absolute Gasteiger partial charge is 0.338 e. The van der Waals surface area contributed by atoms with E-state index < -0.39 is 12.0 Å². The maximum absolute atomic E-state index is 13.0. The molecule has 176 valence electrons. The predicted octanol–water partition coefficient (Wildman–Crippen LogP) is 5.78. The van der Waals surface area contributed by atoms with Gasteiger partial charge in [-0.05, 0) is 61.4 Å². The molecule has 2 aliphatic heterocycles. The first kappa shape index (κ1) is 23.8. The molecule has 0 fully saturated rings. The third-order valence-electron chi connectivity index (χ3n) is 6.12. The minimum Gasteiger partial charge on any atom is -0.466 e. The standard InChI is InChI=1S/C27H29N3O3S/c1-6-22-24(26(32)33-5)25(19-9-7-8-16(2)12-19)30-21(15-34-27(30)29-22)14-23(31)28-20-11-10-17(3)18(4)13-20/h7-13,15,25H,6,14H2,1-5H3,(H,28,31)/t25-/m1/s1. The largest absolute Gasteiger partial charge is 0.466 e. The molecule has 2 aromatic rings. The first-order valence-corrected chi connectivity index (χ1v) is 12.2. The van der Waals surface area contributed by atoms with Crippen LogP contribution >= 0.6 is 11.8 Å². The number of aliphatic imine (C=N–C) groups is 1. The fraction of sp³-hybridized carbons (Fsp3) is 0.296. The van der Waals surface area contributed by atoms with Crippen molar-refractivity contribution in [1.29, 1.82) is 0 Å². The lowest BCUT2D eigenvalue weighted by Crippen LogP contribution is -2.37. The van der Waals surface area contributed by atoms with Gasteiger partial charge in [0.1, 0.15) is 0 Å². The number of carbonyl (C=O) groups is 2. The quantitative estimate of drug-likeness (QED) is 0.537. The van der Waals surface area contributed by atoms with Crippen molar-refractivity contribution in [3.05, 3.63) is 87.1 Å². The number of anilines is 1. The van der Waals surface area contributed by atoms with Crippen molar-refractivity contribution >= 4 is 34.5 Å². The number of methoxy groups -OCH3 is 1. The van der Waals surface area contributed by atoms with Crippen LogP contribution in [0, 0.1) is 20.8 Å². The Labute approximate surface area is 204 Å². The second kappa shape index (κ2) is 9.89. The number of hydrogen-bond donors (Lipinski definition) is 1. The number of rotatable bonds is 6. The molecule has 4 rings (SSSR count). The van der Waals surface area contributed by atoms with Gasteiger partial charge in [0.25, 0.3) is 0 Å². The van der Waals surface area contributed by atoms with Gasteiger partial charge in [-0.1, -0.05) is 54.6 Å². The van der Waals surface area contributed by atoms with Crippen LogP contribution in [0.2, 0.25) is 0 Å². The topological polar surface area (TPSA) is 71.0 Å². The second-order valence-corrected chi connectivity index (χ2v) is 9.37. The Morgan fingerprint density at radius 2 is 1.91 bits per heavy atom. The molecule has 2 aromatic carbocycles. The molecule has 0 bridgehead atoms. The van der Waals surface area contributed by atoms with Gasteiger partial charge in [-0.15, -0.1) is 0 Å². The lowest BCUT2D eigenvalue weighted by Gasteiger charge is -2.36. The number of nitrogens with zero attached hydrogens (tertiary/aromatic N) is 2. The van der Waals surface area contributed by atoms with Crippen LogP contribution in [0.5, 0.6) is 0 Å². The molecule has 0 aliphatic carbocycles. The Kier molecular flexibility index (Phi) is 6.93. The number of aryl methyl sites for hydroxylation is 3. The molecule has 7 heteroatoms. The second-order valence-electron chi connectivity index (χ2n) is 8.54. The van der Waals surface area contributed by atoms with Gasteiger partial charge in [0, 0.05) is 11.4 Å². The van der Waals surface area contributed by atoms with Gasteiger partial charge in [-0.3, -0.25) is 4.79 Å². The summed E-state index contributed by atoms with van der Waals surface area (Å²) in [5.74, 6) is -0.522.